The van der Waals surface area contributed by atoms with Gasteiger partial charge in [-0.25, -0.2) is 0 Å². The van der Waals surface area contributed by atoms with E-state index < -0.39 is 0 Å². The van der Waals surface area contributed by atoms with E-state index in [1.807, 2.05) is 18.2 Å². The van der Waals surface area contributed by atoms with Gasteiger partial charge in [0.2, 0.25) is 0 Å². The molecule has 0 aliphatic carbocycles. The molecule has 2 heteroatoms. The molecule has 2 nitrogen and oxygen atoms in total. The Labute approximate surface area is 79.1 Å². The second-order valence-corrected chi connectivity index (χ2v) is 2.98. The molecule has 0 heterocycles. The molecule has 1 unspecified atom stereocenters. The third-order valence-electron chi connectivity index (χ3n) is 2.09. The van der Waals surface area contributed by atoms with E-state index in [-0.39, 0.29) is 6.04 Å². The van der Waals surface area contributed by atoms with Gasteiger partial charge in [-0.2, -0.15) is 0 Å². The largest absolute Gasteiger partial charge is 0.271 e. The third-order valence-corrected chi connectivity index (χ3v) is 2.09. The van der Waals surface area contributed by atoms with Gasteiger partial charge in [0, 0.05) is 6.42 Å². The highest BCUT2D eigenvalue weighted by Gasteiger charge is 2.09. The maximum atomic E-state index is 5.41. The molecule has 0 aliphatic rings. The van der Waals surface area contributed by atoms with Gasteiger partial charge in [0.25, 0.3) is 0 Å². The summed E-state index contributed by atoms with van der Waals surface area (Å²) in [4.78, 5) is 0. The monoisotopic (exact) mass is 174 g/mol. The van der Waals surface area contributed by atoms with E-state index in [4.69, 9.17) is 12.3 Å². The summed E-state index contributed by atoms with van der Waals surface area (Å²) in [6.45, 7) is 2.05. The van der Waals surface area contributed by atoms with Crippen molar-refractivity contribution < 1.29 is 0 Å². The van der Waals surface area contributed by atoms with Gasteiger partial charge >= 0.3 is 0 Å². The van der Waals surface area contributed by atoms with Crippen molar-refractivity contribution in [1.29, 1.82) is 0 Å². The van der Waals surface area contributed by atoms with Crippen LogP contribution in [0, 0.1) is 19.3 Å². The number of nitrogens with two attached hydrogens (primary N) is 1. The molecule has 3 N–H and O–H groups in total. The Hall–Kier alpha value is -1.30. The predicted molar refractivity (Wildman–Crippen MR) is 54.7 cm³/mol. The second kappa shape index (κ2) is 4.66. The van der Waals surface area contributed by atoms with Gasteiger partial charge in [-0.05, 0) is 18.1 Å². The van der Waals surface area contributed by atoms with Crippen LogP contribution in [-0.2, 0) is 0 Å². The Morgan fingerprint density at radius 2 is 2.23 bits per heavy atom. The molecule has 1 aromatic carbocycles. The molecular weight excluding hydrogens is 160 g/mol. The van der Waals surface area contributed by atoms with E-state index in [1.165, 1.54) is 11.1 Å². The molecule has 0 spiro atoms. The molecule has 0 aromatic heterocycles. The van der Waals surface area contributed by atoms with Crippen molar-refractivity contribution in [2.45, 2.75) is 19.4 Å². The van der Waals surface area contributed by atoms with E-state index in [0.717, 1.165) is 0 Å². The normalized spacial score (nSPS) is 12.1. The fourth-order valence-corrected chi connectivity index (χ4v) is 1.35. The average Bonchev–Trinajstić information content (AvgIpc) is 2.16. The lowest BCUT2D eigenvalue weighted by Crippen LogP contribution is -2.28. The summed E-state index contributed by atoms with van der Waals surface area (Å²) in [6.07, 6.45) is 5.86. The molecule has 0 saturated heterocycles. The lowest BCUT2D eigenvalue weighted by atomic mass is 10.00. The first-order valence-electron chi connectivity index (χ1n) is 4.24. The second-order valence-electron chi connectivity index (χ2n) is 2.98. The fourth-order valence-electron chi connectivity index (χ4n) is 1.35. The minimum absolute atomic E-state index is 0.0613. The van der Waals surface area contributed by atoms with E-state index in [1.54, 1.807) is 0 Å². The summed E-state index contributed by atoms with van der Waals surface area (Å²) in [7, 11) is 0. The molecule has 1 atom stereocenters. The summed E-state index contributed by atoms with van der Waals surface area (Å²) in [5.41, 5.74) is 5.10. The van der Waals surface area contributed by atoms with E-state index in [2.05, 4.69) is 24.3 Å². The topological polar surface area (TPSA) is 38.0 Å². The van der Waals surface area contributed by atoms with Crippen molar-refractivity contribution >= 4 is 0 Å². The number of hydrogen-bond acceptors (Lipinski definition) is 2. The quantitative estimate of drug-likeness (QED) is 0.414. The van der Waals surface area contributed by atoms with Crippen molar-refractivity contribution in [3.8, 4) is 12.3 Å². The molecule has 0 fully saturated rings. The maximum Gasteiger partial charge on any atom is 0.0571 e. The molecule has 0 aliphatic heterocycles. The first-order valence-corrected chi connectivity index (χ1v) is 4.24. The molecule has 0 bridgehead atoms. The van der Waals surface area contributed by atoms with Crippen LogP contribution in [0.15, 0.2) is 24.3 Å². The predicted octanol–water partition coefficient (Wildman–Crippen LogP) is 1.52. The van der Waals surface area contributed by atoms with Gasteiger partial charge in [-0.3, -0.25) is 11.3 Å². The van der Waals surface area contributed by atoms with Crippen LogP contribution in [0.25, 0.3) is 0 Å². The van der Waals surface area contributed by atoms with Crippen molar-refractivity contribution in [2.75, 3.05) is 0 Å². The number of hydrazine groups is 1. The van der Waals surface area contributed by atoms with Crippen LogP contribution in [0.1, 0.15) is 23.6 Å². The number of terminal acetylenes is 1. The van der Waals surface area contributed by atoms with Crippen LogP contribution in [0.2, 0.25) is 0 Å². The summed E-state index contributed by atoms with van der Waals surface area (Å²) < 4.78 is 0. The standard InChI is InChI=1S/C11H14N2/c1-3-6-11(13-12)10-8-5-4-7-9(10)2/h1,4-5,7-8,11,13H,6,12H2,2H3. The molecule has 13 heavy (non-hydrogen) atoms. The Balaban J connectivity index is 2.92. The van der Waals surface area contributed by atoms with Crippen LogP contribution in [-0.4, -0.2) is 0 Å². The number of rotatable bonds is 3. The van der Waals surface area contributed by atoms with Crippen LogP contribution >= 0.6 is 0 Å². The van der Waals surface area contributed by atoms with E-state index in [0.29, 0.717) is 6.42 Å². The van der Waals surface area contributed by atoms with Crippen molar-refractivity contribution in [3.63, 3.8) is 0 Å². The Kier molecular flexibility index (Phi) is 3.51. The zero-order valence-electron chi connectivity index (χ0n) is 7.75. The highest BCUT2D eigenvalue weighted by Crippen LogP contribution is 2.18. The minimum Gasteiger partial charge on any atom is -0.271 e. The van der Waals surface area contributed by atoms with Crippen LogP contribution < -0.4 is 11.3 Å². The van der Waals surface area contributed by atoms with Gasteiger partial charge in [0.05, 0.1) is 6.04 Å². The molecule has 0 radical (unpaired) electrons. The van der Waals surface area contributed by atoms with Gasteiger partial charge in [0.15, 0.2) is 0 Å². The number of benzene rings is 1. The fraction of sp³-hybridized carbons (Fsp3) is 0.273. The summed E-state index contributed by atoms with van der Waals surface area (Å²) in [5.74, 6) is 8.02. The summed E-state index contributed by atoms with van der Waals surface area (Å²) in [6, 6.07) is 8.14. The molecular formula is C11H14N2. The third kappa shape index (κ3) is 2.32. The van der Waals surface area contributed by atoms with Gasteiger partial charge in [-0.1, -0.05) is 24.3 Å². The number of aryl methyl sites for hydroxylation is 1. The average molecular weight is 174 g/mol. The van der Waals surface area contributed by atoms with Crippen molar-refractivity contribution in [1.82, 2.24) is 5.43 Å². The van der Waals surface area contributed by atoms with Gasteiger partial charge in [0.1, 0.15) is 0 Å². The van der Waals surface area contributed by atoms with E-state index >= 15 is 0 Å². The summed E-state index contributed by atoms with van der Waals surface area (Å²) in [5, 5.41) is 0. The molecule has 68 valence electrons. The lowest BCUT2D eigenvalue weighted by Gasteiger charge is -2.15. The number of nitrogens with one attached hydrogen (secondary N) is 1. The Bertz CT molecular complexity index is 312. The van der Waals surface area contributed by atoms with Crippen LogP contribution in [0.5, 0.6) is 0 Å². The lowest BCUT2D eigenvalue weighted by molar-refractivity contribution is 0.565. The van der Waals surface area contributed by atoms with Gasteiger partial charge in [-0.15, -0.1) is 12.3 Å². The zero-order chi connectivity index (χ0) is 9.68. The smallest absolute Gasteiger partial charge is 0.0571 e. The SMILES string of the molecule is C#CCC(NN)c1ccccc1C. The van der Waals surface area contributed by atoms with Crippen molar-refractivity contribution in [3.05, 3.63) is 35.4 Å². The summed E-state index contributed by atoms with van der Waals surface area (Å²) >= 11 is 0. The highest BCUT2D eigenvalue weighted by molar-refractivity contribution is 5.29. The molecule has 0 amide bonds. The zero-order valence-corrected chi connectivity index (χ0v) is 7.75. The number of hydrogen-bond donors (Lipinski definition) is 2. The van der Waals surface area contributed by atoms with Crippen LogP contribution in [0.4, 0.5) is 0 Å². The van der Waals surface area contributed by atoms with Crippen molar-refractivity contribution in [2.24, 2.45) is 5.84 Å². The molecule has 0 saturated carbocycles. The molecule has 1 aromatic rings. The first-order chi connectivity index (χ1) is 6.29. The molecule has 1 rings (SSSR count). The first kappa shape index (κ1) is 9.79. The van der Waals surface area contributed by atoms with E-state index in [9.17, 15) is 0 Å². The van der Waals surface area contributed by atoms with Gasteiger partial charge < -0.3 is 0 Å². The van der Waals surface area contributed by atoms with Crippen LogP contribution in [0.3, 0.4) is 0 Å². The minimum atomic E-state index is 0.0613. The highest BCUT2D eigenvalue weighted by atomic mass is 15.2. The Morgan fingerprint density at radius 3 is 2.77 bits per heavy atom. The Morgan fingerprint density at radius 1 is 1.54 bits per heavy atom. The maximum absolute atomic E-state index is 5.41.